The number of carbonyl (C=O) groups excluding carboxylic acids is 2. The third-order valence-corrected chi connectivity index (χ3v) is 6.82. The summed E-state index contributed by atoms with van der Waals surface area (Å²) in [6.07, 6.45) is 8.40. The molecule has 1 saturated heterocycles. The second kappa shape index (κ2) is 5.56. The Morgan fingerprint density at radius 1 is 1.12 bits per heavy atom. The number of nitrogens with one attached hydrogen (secondary N) is 3. The van der Waals surface area contributed by atoms with Crippen molar-refractivity contribution in [1.82, 2.24) is 16.0 Å². The van der Waals surface area contributed by atoms with Crippen molar-refractivity contribution in [2.24, 2.45) is 0 Å². The van der Waals surface area contributed by atoms with E-state index in [1.54, 1.807) is 11.1 Å². The smallest absolute Gasteiger partial charge is 0.322 e. The minimum atomic E-state index is -0.651. The van der Waals surface area contributed by atoms with Crippen LogP contribution in [0.1, 0.15) is 73.6 Å². The van der Waals surface area contributed by atoms with Crippen molar-refractivity contribution < 1.29 is 9.59 Å². The Labute approximate surface area is 147 Å². The van der Waals surface area contributed by atoms with Crippen LogP contribution in [0.2, 0.25) is 0 Å². The molecular formula is C20H25N3O2. The first-order chi connectivity index (χ1) is 12.1. The van der Waals surface area contributed by atoms with Crippen molar-refractivity contribution in [3.05, 3.63) is 34.9 Å². The summed E-state index contributed by atoms with van der Waals surface area (Å²) in [6, 6.07) is 7.36. The van der Waals surface area contributed by atoms with Crippen LogP contribution in [-0.4, -0.2) is 23.5 Å². The van der Waals surface area contributed by atoms with Crippen LogP contribution in [0.25, 0.3) is 0 Å². The van der Waals surface area contributed by atoms with Crippen LogP contribution in [0.5, 0.6) is 0 Å². The number of hydrogen-bond donors (Lipinski definition) is 3. The molecule has 5 heteroatoms. The number of rotatable bonds is 2. The van der Waals surface area contributed by atoms with Gasteiger partial charge in [-0.1, -0.05) is 18.2 Å². The van der Waals surface area contributed by atoms with Gasteiger partial charge >= 0.3 is 6.03 Å². The van der Waals surface area contributed by atoms with Gasteiger partial charge in [0, 0.05) is 12.1 Å². The highest BCUT2D eigenvalue weighted by Gasteiger charge is 2.48. The molecule has 1 saturated carbocycles. The molecule has 4 aliphatic rings. The first kappa shape index (κ1) is 15.4. The van der Waals surface area contributed by atoms with Crippen molar-refractivity contribution in [3.8, 4) is 0 Å². The van der Waals surface area contributed by atoms with E-state index in [1.807, 2.05) is 0 Å². The average molecular weight is 339 g/mol. The van der Waals surface area contributed by atoms with Crippen LogP contribution in [-0.2, 0) is 11.2 Å². The fourth-order valence-electron chi connectivity index (χ4n) is 5.58. The number of urea groups is 1. The molecule has 25 heavy (non-hydrogen) atoms. The molecular weight excluding hydrogens is 314 g/mol. The van der Waals surface area contributed by atoms with Gasteiger partial charge in [-0.15, -0.1) is 0 Å². The molecule has 5 nitrogen and oxygen atoms in total. The third kappa shape index (κ3) is 2.40. The quantitative estimate of drug-likeness (QED) is 0.726. The Morgan fingerprint density at radius 2 is 1.96 bits per heavy atom. The molecule has 1 aromatic rings. The van der Waals surface area contributed by atoms with Crippen molar-refractivity contribution in [2.45, 2.75) is 74.9 Å². The second-order valence-corrected chi connectivity index (χ2v) is 8.23. The second-order valence-electron chi connectivity index (χ2n) is 8.23. The number of hydrogen-bond acceptors (Lipinski definition) is 3. The summed E-state index contributed by atoms with van der Waals surface area (Å²) in [5.74, 6) is 0.588. The normalized spacial score (nSPS) is 36.2. The van der Waals surface area contributed by atoms with Gasteiger partial charge < -0.3 is 10.6 Å². The lowest BCUT2D eigenvalue weighted by Crippen LogP contribution is -2.52. The van der Waals surface area contributed by atoms with E-state index >= 15 is 0 Å². The lowest BCUT2D eigenvalue weighted by Gasteiger charge is -2.36. The van der Waals surface area contributed by atoms with E-state index in [4.69, 9.17) is 0 Å². The van der Waals surface area contributed by atoms with Gasteiger partial charge in [-0.2, -0.15) is 0 Å². The van der Waals surface area contributed by atoms with Crippen molar-refractivity contribution >= 4 is 11.9 Å². The summed E-state index contributed by atoms with van der Waals surface area (Å²) < 4.78 is 0. The Balaban J connectivity index is 1.28. The number of aryl methyl sites for hydroxylation is 1. The minimum absolute atomic E-state index is 0.141. The van der Waals surface area contributed by atoms with E-state index < -0.39 is 5.54 Å². The van der Waals surface area contributed by atoms with Gasteiger partial charge in [0.05, 0.1) is 0 Å². The lowest BCUT2D eigenvalue weighted by molar-refractivity contribution is -0.125. The predicted octanol–water partition coefficient (Wildman–Crippen LogP) is 2.66. The summed E-state index contributed by atoms with van der Waals surface area (Å²) in [5, 5.41) is 9.13. The highest BCUT2D eigenvalue weighted by atomic mass is 16.2. The molecule has 1 aliphatic heterocycles. The number of benzene rings is 1. The summed E-state index contributed by atoms with van der Waals surface area (Å²) in [6.45, 7) is 0. The van der Waals surface area contributed by atoms with Gasteiger partial charge in [0.1, 0.15) is 5.54 Å². The maximum absolute atomic E-state index is 12.1. The standard InChI is InChI=1S/C20H25N3O2/c24-18-20(23-19(25)22-18)9-7-14(8-10-20)21-16-11-13-5-1-3-12-4-2-6-15(16)17(12)13/h2,4,6,13-14,16,21H,1,3,5,7-11H2,(H2,22,23,24,25)/t13-,14?,16-,20?/m1/s1. The minimum Gasteiger partial charge on any atom is -0.323 e. The third-order valence-electron chi connectivity index (χ3n) is 6.82. The van der Waals surface area contributed by atoms with Crippen LogP contribution < -0.4 is 16.0 Å². The molecule has 0 aromatic heterocycles. The molecule has 1 heterocycles. The van der Waals surface area contributed by atoms with Gasteiger partial charge in [-0.3, -0.25) is 10.1 Å². The van der Waals surface area contributed by atoms with Crippen molar-refractivity contribution in [3.63, 3.8) is 0 Å². The van der Waals surface area contributed by atoms with E-state index in [0.717, 1.165) is 31.6 Å². The van der Waals surface area contributed by atoms with Crippen molar-refractivity contribution in [1.29, 1.82) is 0 Å². The Morgan fingerprint density at radius 3 is 2.72 bits per heavy atom. The monoisotopic (exact) mass is 339 g/mol. The van der Waals surface area contributed by atoms with Gasteiger partial charge in [-0.05, 0) is 74.0 Å². The molecule has 0 unspecified atom stereocenters. The molecule has 5 rings (SSSR count). The van der Waals surface area contributed by atoms with E-state index in [2.05, 4.69) is 34.1 Å². The Kier molecular flexibility index (Phi) is 3.42. The van der Waals surface area contributed by atoms with Gasteiger partial charge in [0.25, 0.3) is 5.91 Å². The molecule has 2 fully saturated rings. The molecule has 2 atom stereocenters. The van der Waals surface area contributed by atoms with Crippen molar-refractivity contribution in [2.75, 3.05) is 0 Å². The highest BCUT2D eigenvalue weighted by molar-refractivity contribution is 6.07. The summed E-state index contributed by atoms with van der Waals surface area (Å²) in [5.41, 5.74) is 4.04. The Bertz CT molecular complexity index is 736. The fourth-order valence-corrected chi connectivity index (χ4v) is 5.58. The Hall–Kier alpha value is -1.88. The van der Waals surface area contributed by atoms with Crippen LogP contribution in [0, 0.1) is 0 Å². The van der Waals surface area contributed by atoms with Crippen LogP contribution >= 0.6 is 0 Å². The molecule has 1 aromatic carbocycles. The van der Waals surface area contributed by atoms with Crippen LogP contribution in [0.4, 0.5) is 4.79 Å². The molecule has 3 N–H and O–H groups in total. The molecule has 0 radical (unpaired) electrons. The van der Waals surface area contributed by atoms with E-state index in [-0.39, 0.29) is 11.9 Å². The van der Waals surface area contributed by atoms with E-state index in [9.17, 15) is 9.59 Å². The summed E-state index contributed by atoms with van der Waals surface area (Å²) in [4.78, 5) is 23.6. The number of amides is 3. The molecule has 1 spiro atoms. The zero-order chi connectivity index (χ0) is 17.0. The van der Waals surface area contributed by atoms with Gasteiger partial charge in [0.15, 0.2) is 0 Å². The largest absolute Gasteiger partial charge is 0.323 e. The first-order valence-corrected chi connectivity index (χ1v) is 9.66. The molecule has 132 valence electrons. The maximum Gasteiger partial charge on any atom is 0.322 e. The predicted molar refractivity (Wildman–Crippen MR) is 94.3 cm³/mol. The topological polar surface area (TPSA) is 70.2 Å². The highest BCUT2D eigenvalue weighted by Crippen LogP contribution is 2.48. The molecule has 3 aliphatic carbocycles. The first-order valence-electron chi connectivity index (χ1n) is 9.66. The zero-order valence-electron chi connectivity index (χ0n) is 14.4. The zero-order valence-corrected chi connectivity index (χ0v) is 14.4. The van der Waals surface area contributed by atoms with Crippen LogP contribution in [0.15, 0.2) is 18.2 Å². The lowest BCUT2D eigenvalue weighted by atomic mass is 9.79. The van der Waals surface area contributed by atoms with E-state index in [1.165, 1.54) is 31.2 Å². The average Bonchev–Trinajstić information content (AvgIpc) is 3.09. The summed E-state index contributed by atoms with van der Waals surface area (Å²) in [7, 11) is 0. The van der Waals surface area contributed by atoms with E-state index in [0.29, 0.717) is 12.1 Å². The van der Waals surface area contributed by atoms with Gasteiger partial charge in [0.2, 0.25) is 0 Å². The SMILES string of the molecule is O=C1NC(=O)C2(CCC(N[C@@H]3C[C@H]4CCCc5cccc3c54)CC2)N1. The summed E-state index contributed by atoms with van der Waals surface area (Å²) >= 11 is 0. The fraction of sp³-hybridized carbons (Fsp3) is 0.600. The molecule has 0 bridgehead atoms. The number of carbonyl (C=O) groups is 2. The number of imide groups is 1. The molecule has 3 amide bonds. The maximum atomic E-state index is 12.1. The van der Waals surface area contributed by atoms with Gasteiger partial charge in [-0.25, -0.2) is 4.79 Å². The van der Waals surface area contributed by atoms with Crippen LogP contribution in [0.3, 0.4) is 0 Å².